The molecule has 1 aliphatic carbocycles. The quantitative estimate of drug-likeness (QED) is 0.875. The van der Waals surface area contributed by atoms with Gasteiger partial charge >= 0.3 is 0 Å². The smallest absolute Gasteiger partial charge is 0.263 e. The predicted molar refractivity (Wildman–Crippen MR) is 108 cm³/mol. The van der Waals surface area contributed by atoms with Gasteiger partial charge in [0, 0.05) is 30.2 Å². The number of aromatic nitrogens is 2. The van der Waals surface area contributed by atoms with Gasteiger partial charge in [0.05, 0.1) is 11.4 Å². The molecule has 6 nitrogen and oxygen atoms in total. The molecule has 1 saturated heterocycles. The molecule has 0 saturated carbocycles. The van der Waals surface area contributed by atoms with Crippen molar-refractivity contribution < 1.29 is 4.79 Å². The molecule has 7 heteroatoms. The lowest BCUT2D eigenvalue weighted by Crippen LogP contribution is -2.36. The molecule has 0 bridgehead atoms. The van der Waals surface area contributed by atoms with Crippen LogP contribution in [0.2, 0.25) is 0 Å². The van der Waals surface area contributed by atoms with Crippen LogP contribution in [0.4, 0.5) is 5.82 Å². The predicted octanol–water partition coefficient (Wildman–Crippen LogP) is 2.59. The lowest BCUT2D eigenvalue weighted by molar-refractivity contribution is 0.0784. The molecule has 0 aromatic carbocycles. The lowest BCUT2D eigenvalue weighted by Gasteiger charge is -2.23. The van der Waals surface area contributed by atoms with E-state index in [2.05, 4.69) is 34.9 Å². The number of fused-ring (bicyclic) bond motifs is 1. The van der Waals surface area contributed by atoms with Gasteiger partial charge in [-0.1, -0.05) is 6.92 Å². The van der Waals surface area contributed by atoms with Gasteiger partial charge in [0.2, 0.25) is 0 Å². The number of nitrogens with zero attached hydrogens (tertiary/aromatic N) is 4. The van der Waals surface area contributed by atoms with Crippen LogP contribution in [-0.2, 0) is 19.4 Å². The summed E-state index contributed by atoms with van der Waals surface area (Å²) < 4.78 is 0. The molecule has 144 valence electrons. The maximum absolute atomic E-state index is 13.0. The topological polar surface area (TPSA) is 75.4 Å². The molecule has 1 fully saturated rings. The van der Waals surface area contributed by atoms with Crippen LogP contribution in [0.1, 0.15) is 45.7 Å². The van der Waals surface area contributed by atoms with Gasteiger partial charge in [-0.15, -0.1) is 11.3 Å². The molecule has 2 aromatic heterocycles. The van der Waals surface area contributed by atoms with Gasteiger partial charge in [-0.05, 0) is 56.3 Å². The summed E-state index contributed by atoms with van der Waals surface area (Å²) in [6.45, 7) is 4.51. The number of hydrogen-bond acceptors (Lipinski definition) is 6. The second-order valence-electron chi connectivity index (χ2n) is 7.91. The van der Waals surface area contributed by atoms with E-state index in [0.29, 0.717) is 18.4 Å². The van der Waals surface area contributed by atoms with Crippen LogP contribution < -0.4 is 5.73 Å². The van der Waals surface area contributed by atoms with Gasteiger partial charge in [0.25, 0.3) is 5.91 Å². The van der Waals surface area contributed by atoms with Crippen molar-refractivity contribution in [2.45, 2.75) is 45.2 Å². The minimum atomic E-state index is 0.193. The highest BCUT2D eigenvalue weighted by Crippen LogP contribution is 2.33. The minimum Gasteiger partial charge on any atom is -0.384 e. The summed E-state index contributed by atoms with van der Waals surface area (Å²) in [5, 5.41) is 0. The van der Waals surface area contributed by atoms with Crippen LogP contribution in [0.25, 0.3) is 0 Å². The molecule has 2 atom stereocenters. The summed E-state index contributed by atoms with van der Waals surface area (Å²) in [7, 11) is 2.07. The molecule has 1 aliphatic heterocycles. The standard InChI is InChI=1S/C20H27N5OS/c1-13-3-4-16-14(9-13)10-17(27-16)20(26)25-8-6-15(11-25)24(2)12-19-22-7-5-18(21)23-19/h5,7,10,13,15H,3-4,6,8-9,11-12H2,1-2H3,(H2,21,22,23). The third kappa shape index (κ3) is 3.99. The highest BCUT2D eigenvalue weighted by Gasteiger charge is 2.31. The largest absolute Gasteiger partial charge is 0.384 e. The van der Waals surface area contributed by atoms with E-state index in [1.807, 2.05) is 4.90 Å². The van der Waals surface area contributed by atoms with Crippen molar-refractivity contribution in [3.05, 3.63) is 39.5 Å². The molecule has 4 rings (SSSR count). The van der Waals surface area contributed by atoms with Gasteiger partial charge in [0.1, 0.15) is 11.6 Å². The SMILES string of the molecule is CC1CCc2sc(C(=O)N3CCC(N(C)Cc4nccc(N)n4)C3)cc2C1. The number of amides is 1. The van der Waals surface area contributed by atoms with Gasteiger partial charge in [-0.25, -0.2) is 9.97 Å². The number of rotatable bonds is 4. The zero-order valence-electron chi connectivity index (χ0n) is 16.0. The molecule has 3 heterocycles. The van der Waals surface area contributed by atoms with Crippen LogP contribution in [0.15, 0.2) is 18.3 Å². The van der Waals surface area contributed by atoms with Gasteiger partial charge in [-0.3, -0.25) is 9.69 Å². The first-order valence-corrected chi connectivity index (χ1v) is 10.5. The number of aryl methyl sites for hydroxylation is 1. The Morgan fingerprint density at radius 2 is 2.30 bits per heavy atom. The zero-order chi connectivity index (χ0) is 19.0. The van der Waals surface area contributed by atoms with E-state index < -0.39 is 0 Å². The van der Waals surface area contributed by atoms with E-state index in [1.165, 1.54) is 16.9 Å². The van der Waals surface area contributed by atoms with Crippen molar-refractivity contribution in [3.8, 4) is 0 Å². The highest BCUT2D eigenvalue weighted by molar-refractivity contribution is 7.14. The molecular formula is C20H27N5OS. The van der Waals surface area contributed by atoms with E-state index in [1.54, 1.807) is 23.6 Å². The average molecular weight is 386 g/mol. The number of thiophene rings is 1. The van der Waals surface area contributed by atoms with E-state index in [9.17, 15) is 4.79 Å². The molecule has 2 unspecified atom stereocenters. The average Bonchev–Trinajstić information content (AvgIpc) is 3.28. The van der Waals surface area contributed by atoms with Crippen molar-refractivity contribution in [3.63, 3.8) is 0 Å². The molecule has 0 spiro atoms. The molecule has 2 aromatic rings. The van der Waals surface area contributed by atoms with E-state index >= 15 is 0 Å². The maximum Gasteiger partial charge on any atom is 0.263 e. The Kier molecular flexibility index (Phi) is 5.14. The van der Waals surface area contributed by atoms with Gasteiger partial charge < -0.3 is 10.6 Å². The van der Waals surface area contributed by atoms with Crippen molar-refractivity contribution in [2.24, 2.45) is 5.92 Å². The van der Waals surface area contributed by atoms with E-state index in [-0.39, 0.29) is 5.91 Å². The molecule has 2 N–H and O–H groups in total. The molecule has 0 radical (unpaired) electrons. The van der Waals surface area contributed by atoms with E-state index in [4.69, 9.17) is 5.73 Å². The number of anilines is 1. The Hall–Kier alpha value is -1.99. The first-order chi connectivity index (χ1) is 13.0. The van der Waals surface area contributed by atoms with Crippen molar-refractivity contribution >= 4 is 23.1 Å². The molecule has 1 amide bonds. The Morgan fingerprint density at radius 3 is 3.11 bits per heavy atom. The highest BCUT2D eigenvalue weighted by atomic mass is 32.1. The summed E-state index contributed by atoms with van der Waals surface area (Å²) in [6, 6.07) is 4.17. The van der Waals surface area contributed by atoms with Crippen LogP contribution >= 0.6 is 11.3 Å². The normalized spacial score (nSPS) is 22.3. The Morgan fingerprint density at radius 1 is 1.44 bits per heavy atom. The summed E-state index contributed by atoms with van der Waals surface area (Å²) in [5.74, 6) is 2.14. The number of carbonyl (C=O) groups excluding carboxylic acids is 1. The fraction of sp³-hybridized carbons (Fsp3) is 0.550. The molecular weight excluding hydrogens is 358 g/mol. The number of nitrogen functional groups attached to an aromatic ring is 1. The molecule has 2 aliphatic rings. The second-order valence-corrected chi connectivity index (χ2v) is 9.05. The Balaban J connectivity index is 1.38. The number of nitrogens with two attached hydrogens (primary N) is 1. The Labute approximate surface area is 164 Å². The van der Waals surface area contributed by atoms with E-state index in [0.717, 1.165) is 49.0 Å². The van der Waals surface area contributed by atoms with Crippen LogP contribution in [0, 0.1) is 5.92 Å². The second kappa shape index (κ2) is 7.56. The monoisotopic (exact) mass is 385 g/mol. The van der Waals surface area contributed by atoms with Crippen LogP contribution in [0.5, 0.6) is 0 Å². The fourth-order valence-corrected chi connectivity index (χ4v) is 5.27. The van der Waals surface area contributed by atoms with Crippen molar-refractivity contribution in [2.75, 3.05) is 25.9 Å². The fourth-order valence-electron chi connectivity index (χ4n) is 4.10. The number of likely N-dealkylation sites (N-methyl/N-ethyl adjacent to an activating group) is 1. The first kappa shape index (κ1) is 18.4. The lowest BCUT2D eigenvalue weighted by atomic mass is 9.90. The van der Waals surface area contributed by atoms with Crippen LogP contribution in [0.3, 0.4) is 0 Å². The van der Waals surface area contributed by atoms with Crippen molar-refractivity contribution in [1.29, 1.82) is 0 Å². The van der Waals surface area contributed by atoms with Gasteiger partial charge in [0.15, 0.2) is 0 Å². The first-order valence-electron chi connectivity index (χ1n) is 9.68. The zero-order valence-corrected chi connectivity index (χ0v) is 16.8. The summed E-state index contributed by atoms with van der Waals surface area (Å²) in [6.07, 6.45) is 6.15. The maximum atomic E-state index is 13.0. The third-order valence-corrected chi connectivity index (χ3v) is 6.96. The van der Waals surface area contributed by atoms with Crippen molar-refractivity contribution in [1.82, 2.24) is 19.8 Å². The summed E-state index contributed by atoms with van der Waals surface area (Å²) in [5.41, 5.74) is 7.14. The van der Waals surface area contributed by atoms with Gasteiger partial charge in [-0.2, -0.15) is 0 Å². The van der Waals surface area contributed by atoms with Crippen LogP contribution in [-0.4, -0.2) is 51.9 Å². The Bertz CT molecular complexity index is 836. The number of hydrogen-bond donors (Lipinski definition) is 1. The summed E-state index contributed by atoms with van der Waals surface area (Å²) in [4.78, 5) is 28.1. The minimum absolute atomic E-state index is 0.193. The molecule has 27 heavy (non-hydrogen) atoms. The summed E-state index contributed by atoms with van der Waals surface area (Å²) >= 11 is 1.71. The third-order valence-electron chi connectivity index (χ3n) is 5.73. The number of carbonyl (C=O) groups is 1. The number of likely N-dealkylation sites (tertiary alicyclic amines) is 1.